The van der Waals surface area contributed by atoms with Gasteiger partial charge in [-0.15, -0.1) is 0 Å². The lowest BCUT2D eigenvalue weighted by atomic mass is 10.1. The smallest absolute Gasteiger partial charge is 0.229 e. The number of nitrogens with zero attached hydrogens (tertiary/aromatic N) is 3. The van der Waals surface area contributed by atoms with Gasteiger partial charge >= 0.3 is 0 Å². The summed E-state index contributed by atoms with van der Waals surface area (Å²) in [7, 11) is 0. The molecule has 31 heavy (non-hydrogen) atoms. The summed E-state index contributed by atoms with van der Waals surface area (Å²) in [4.78, 5) is 8.27. The first-order valence-corrected chi connectivity index (χ1v) is 9.74. The van der Waals surface area contributed by atoms with Gasteiger partial charge in [0.05, 0.1) is 11.7 Å². The maximum absolute atomic E-state index is 14.3. The predicted octanol–water partition coefficient (Wildman–Crippen LogP) is 3.29. The van der Waals surface area contributed by atoms with Crippen molar-refractivity contribution >= 4 is 34.0 Å². The maximum atomic E-state index is 14.3. The number of aliphatic hydroxyl groups excluding tert-OH is 1. The van der Waals surface area contributed by atoms with Crippen molar-refractivity contribution < 1.29 is 19.0 Å². The highest BCUT2D eigenvalue weighted by molar-refractivity contribution is 5.85. The molecule has 0 unspecified atom stereocenters. The molecule has 0 amide bonds. The summed E-state index contributed by atoms with van der Waals surface area (Å²) in [6.45, 7) is 1.01. The second kappa shape index (κ2) is 8.07. The van der Waals surface area contributed by atoms with E-state index >= 15 is 0 Å². The Hall–Kier alpha value is -3.92. The molecule has 0 radical (unpaired) electrons. The molecule has 0 saturated carbocycles. The lowest BCUT2D eigenvalue weighted by molar-refractivity contribution is 0.171. The quantitative estimate of drug-likeness (QED) is 0.374. The van der Waals surface area contributed by atoms with Gasteiger partial charge in [0.25, 0.3) is 0 Å². The van der Waals surface area contributed by atoms with Gasteiger partial charge in [0.2, 0.25) is 5.95 Å². The van der Waals surface area contributed by atoms with Crippen molar-refractivity contribution in [3.8, 4) is 11.5 Å². The second-order valence-electron chi connectivity index (χ2n) is 6.91. The van der Waals surface area contributed by atoms with Crippen LogP contribution in [0.25, 0.3) is 10.9 Å². The van der Waals surface area contributed by atoms with Gasteiger partial charge in [-0.1, -0.05) is 0 Å². The topological polar surface area (TPSA) is 117 Å². The van der Waals surface area contributed by atoms with E-state index in [1.54, 1.807) is 18.2 Å². The molecule has 3 heterocycles. The number of nitrogens with one attached hydrogen (secondary N) is 3. The average Bonchev–Trinajstić information content (AvgIpc) is 3.18. The fraction of sp³-hybridized carbons (Fsp3) is 0.190. The number of fused-ring (bicyclic) bond motifs is 2. The molecular weight excluding hydrogens is 403 g/mol. The average molecular weight is 422 g/mol. The van der Waals surface area contributed by atoms with Crippen molar-refractivity contribution in [2.45, 2.75) is 6.42 Å². The van der Waals surface area contributed by atoms with Gasteiger partial charge in [0, 0.05) is 41.5 Å². The number of benzene rings is 2. The van der Waals surface area contributed by atoms with Crippen molar-refractivity contribution in [1.29, 1.82) is 0 Å². The van der Waals surface area contributed by atoms with Crippen molar-refractivity contribution in [3.05, 3.63) is 54.1 Å². The van der Waals surface area contributed by atoms with Gasteiger partial charge < -0.3 is 25.2 Å². The van der Waals surface area contributed by atoms with Crippen LogP contribution in [0.3, 0.4) is 0 Å². The fourth-order valence-electron chi connectivity index (χ4n) is 3.35. The second-order valence-corrected chi connectivity index (χ2v) is 6.91. The van der Waals surface area contributed by atoms with E-state index in [0.29, 0.717) is 42.5 Å². The van der Waals surface area contributed by atoms with E-state index < -0.39 is 5.82 Å². The molecule has 0 aliphatic carbocycles. The van der Waals surface area contributed by atoms with Crippen molar-refractivity contribution in [1.82, 2.24) is 20.2 Å². The Bertz CT molecular complexity index is 1250. The largest absolute Gasteiger partial charge is 0.486 e. The maximum Gasteiger partial charge on any atom is 0.229 e. The number of ether oxygens (including phenoxy) is 2. The molecule has 2 aromatic carbocycles. The van der Waals surface area contributed by atoms with Gasteiger partial charge in [-0.3, -0.25) is 5.10 Å². The van der Waals surface area contributed by atoms with Crippen LogP contribution < -0.4 is 20.1 Å². The van der Waals surface area contributed by atoms with Crippen molar-refractivity contribution in [3.63, 3.8) is 0 Å². The molecule has 0 spiro atoms. The Morgan fingerprint density at radius 1 is 1.03 bits per heavy atom. The summed E-state index contributed by atoms with van der Waals surface area (Å²) < 4.78 is 25.4. The summed E-state index contributed by atoms with van der Waals surface area (Å²) in [5.41, 5.74) is 2.92. The molecule has 2 aromatic heterocycles. The zero-order valence-corrected chi connectivity index (χ0v) is 16.4. The Balaban J connectivity index is 1.36. The molecule has 5 rings (SSSR count). The van der Waals surface area contributed by atoms with E-state index in [1.807, 2.05) is 18.2 Å². The summed E-state index contributed by atoms with van der Waals surface area (Å²) >= 11 is 0. The number of anilines is 4. The van der Waals surface area contributed by atoms with Crippen LogP contribution in [0, 0.1) is 5.82 Å². The SMILES string of the molecule is OCCc1[nH]nc2cc(Nc3ncc(F)c(Nc4ccc5c(c4)OCCO5)n3)ccc12. The van der Waals surface area contributed by atoms with E-state index in [-0.39, 0.29) is 18.4 Å². The number of hydrogen-bond acceptors (Lipinski definition) is 8. The number of rotatable bonds is 6. The lowest BCUT2D eigenvalue weighted by Gasteiger charge is -2.19. The Morgan fingerprint density at radius 3 is 2.71 bits per heavy atom. The van der Waals surface area contributed by atoms with Crippen molar-refractivity contribution in [2.75, 3.05) is 30.5 Å². The van der Waals surface area contributed by atoms with Gasteiger partial charge in [-0.25, -0.2) is 9.37 Å². The molecular formula is C21H19FN6O3. The highest BCUT2D eigenvalue weighted by Gasteiger charge is 2.14. The van der Waals surface area contributed by atoms with Crippen LogP contribution in [0.4, 0.5) is 27.5 Å². The number of H-pyrrole nitrogens is 1. The predicted molar refractivity (Wildman–Crippen MR) is 113 cm³/mol. The monoisotopic (exact) mass is 422 g/mol. The zero-order valence-electron chi connectivity index (χ0n) is 16.4. The van der Waals surface area contributed by atoms with Gasteiger partial charge in [0.1, 0.15) is 13.2 Å². The van der Waals surface area contributed by atoms with E-state index in [9.17, 15) is 4.39 Å². The Labute approximate surface area is 176 Å². The van der Waals surface area contributed by atoms with Gasteiger partial charge in [0.15, 0.2) is 23.1 Å². The molecule has 1 aliphatic rings. The summed E-state index contributed by atoms with van der Waals surface area (Å²) in [6, 6.07) is 10.8. The minimum absolute atomic E-state index is 0.0280. The van der Waals surface area contributed by atoms with E-state index in [4.69, 9.17) is 14.6 Å². The lowest BCUT2D eigenvalue weighted by Crippen LogP contribution is -2.15. The van der Waals surface area contributed by atoms with Crippen LogP contribution in [0.1, 0.15) is 5.69 Å². The van der Waals surface area contributed by atoms with Crippen LogP contribution in [-0.2, 0) is 6.42 Å². The highest BCUT2D eigenvalue weighted by atomic mass is 19.1. The van der Waals surface area contributed by atoms with Crippen LogP contribution in [0.15, 0.2) is 42.6 Å². The first kappa shape index (κ1) is 19.1. The third-order valence-electron chi connectivity index (χ3n) is 4.80. The van der Waals surface area contributed by atoms with Crippen LogP contribution in [-0.4, -0.2) is 45.1 Å². The summed E-state index contributed by atoms with van der Waals surface area (Å²) in [5.74, 6) is 0.916. The molecule has 1 aliphatic heterocycles. The van der Waals surface area contributed by atoms with E-state index in [1.165, 1.54) is 0 Å². The third-order valence-corrected chi connectivity index (χ3v) is 4.80. The highest BCUT2D eigenvalue weighted by Crippen LogP contribution is 2.34. The molecule has 0 atom stereocenters. The Kier molecular flexibility index (Phi) is 4.97. The molecule has 158 valence electrons. The normalized spacial score (nSPS) is 12.7. The third kappa shape index (κ3) is 3.92. The molecule has 0 saturated heterocycles. The van der Waals surface area contributed by atoms with Gasteiger partial charge in [-0.2, -0.15) is 10.1 Å². The fourth-order valence-corrected chi connectivity index (χ4v) is 3.35. The van der Waals surface area contributed by atoms with Crippen LogP contribution in [0.2, 0.25) is 0 Å². The van der Waals surface area contributed by atoms with Crippen LogP contribution >= 0.6 is 0 Å². The summed E-state index contributed by atoms with van der Waals surface area (Å²) in [6.07, 6.45) is 1.60. The Morgan fingerprint density at radius 2 is 1.84 bits per heavy atom. The van der Waals surface area contributed by atoms with E-state index in [0.717, 1.165) is 22.8 Å². The first-order chi connectivity index (χ1) is 15.2. The minimum Gasteiger partial charge on any atom is -0.486 e. The number of halogens is 1. The zero-order chi connectivity index (χ0) is 21.2. The number of aliphatic hydroxyl groups is 1. The standard InChI is InChI=1S/C21H19FN6O3/c22-15-11-23-21(25-12-1-3-14-16(5-6-29)27-28-17(14)9-12)26-20(15)24-13-2-4-18-19(10-13)31-8-7-30-18/h1-4,9-11,29H,5-8H2,(H,27,28)(H2,23,24,25,26). The summed E-state index contributed by atoms with van der Waals surface area (Å²) in [5, 5.41) is 23.3. The molecule has 0 bridgehead atoms. The first-order valence-electron chi connectivity index (χ1n) is 9.74. The van der Waals surface area contributed by atoms with Crippen LogP contribution in [0.5, 0.6) is 11.5 Å². The number of hydrogen-bond donors (Lipinski definition) is 4. The number of aromatic nitrogens is 4. The molecule has 4 aromatic rings. The molecule has 0 fully saturated rings. The number of aromatic amines is 1. The molecule has 9 nitrogen and oxygen atoms in total. The molecule has 10 heteroatoms. The van der Waals surface area contributed by atoms with Crippen molar-refractivity contribution in [2.24, 2.45) is 0 Å². The van der Waals surface area contributed by atoms with Gasteiger partial charge in [-0.05, 0) is 30.3 Å². The molecule has 4 N–H and O–H groups in total. The minimum atomic E-state index is -0.586. The van der Waals surface area contributed by atoms with E-state index in [2.05, 4.69) is 30.8 Å².